The van der Waals surface area contributed by atoms with Gasteiger partial charge >= 0.3 is 7.32 Å². The highest BCUT2D eigenvalue weighted by Crippen LogP contribution is 2.24. The molecule has 0 saturated carbocycles. The fourth-order valence-electron chi connectivity index (χ4n) is 0.833. The van der Waals surface area contributed by atoms with Crippen LogP contribution in [-0.2, 0) is 4.65 Å². The molecule has 16 heavy (non-hydrogen) atoms. The Morgan fingerprint density at radius 3 is 2.38 bits per heavy atom. The molecule has 0 aromatic heterocycles. The van der Waals surface area contributed by atoms with Crippen LogP contribution >= 0.6 is 11.6 Å². The SMILES string of the molecule is OB(OCCl)Oc1cc(F)c(F)c(F)c1F. The van der Waals surface area contributed by atoms with E-state index >= 15 is 0 Å². The molecule has 0 bridgehead atoms. The van der Waals surface area contributed by atoms with E-state index in [1.54, 1.807) is 0 Å². The van der Waals surface area contributed by atoms with Crippen LogP contribution in [0.1, 0.15) is 0 Å². The molecule has 0 aliphatic carbocycles. The second kappa shape index (κ2) is 5.38. The number of halogens is 5. The quantitative estimate of drug-likeness (QED) is 0.294. The number of alkyl halides is 1. The summed E-state index contributed by atoms with van der Waals surface area (Å²) < 4.78 is 59.2. The van der Waals surface area contributed by atoms with E-state index in [1.807, 2.05) is 0 Å². The van der Waals surface area contributed by atoms with Gasteiger partial charge in [0.25, 0.3) is 0 Å². The van der Waals surface area contributed by atoms with E-state index in [1.165, 1.54) is 0 Å². The molecular formula is C7H4BClF4O3. The zero-order valence-electron chi connectivity index (χ0n) is 7.52. The van der Waals surface area contributed by atoms with Gasteiger partial charge in [-0.3, -0.25) is 0 Å². The minimum Gasteiger partial charge on any atom is -0.509 e. The lowest BCUT2D eigenvalue weighted by Gasteiger charge is -2.09. The summed E-state index contributed by atoms with van der Waals surface area (Å²) in [7, 11) is -2.02. The first kappa shape index (κ1) is 13.1. The minimum atomic E-state index is -2.05. The summed E-state index contributed by atoms with van der Waals surface area (Å²) in [5, 5.41) is 8.84. The zero-order chi connectivity index (χ0) is 12.3. The van der Waals surface area contributed by atoms with E-state index in [9.17, 15) is 17.6 Å². The van der Waals surface area contributed by atoms with Crippen LogP contribution in [0.4, 0.5) is 17.6 Å². The van der Waals surface area contributed by atoms with Crippen molar-refractivity contribution in [1.82, 2.24) is 0 Å². The van der Waals surface area contributed by atoms with Crippen LogP contribution < -0.4 is 4.65 Å². The molecule has 88 valence electrons. The molecule has 0 aliphatic rings. The molecule has 0 saturated heterocycles. The maximum absolute atomic E-state index is 12.9. The highest BCUT2D eigenvalue weighted by Gasteiger charge is 2.25. The number of hydrogen-bond acceptors (Lipinski definition) is 3. The summed E-state index contributed by atoms with van der Waals surface area (Å²) >= 11 is 5.03. The summed E-state index contributed by atoms with van der Waals surface area (Å²) in [6.07, 6.45) is 0. The molecule has 1 rings (SSSR count). The summed E-state index contributed by atoms with van der Waals surface area (Å²) in [6.45, 7) is 0. The average molecular weight is 258 g/mol. The van der Waals surface area contributed by atoms with Crippen LogP contribution in [0.15, 0.2) is 6.07 Å². The molecular weight excluding hydrogens is 254 g/mol. The van der Waals surface area contributed by atoms with Gasteiger partial charge in [-0.15, -0.1) is 0 Å². The van der Waals surface area contributed by atoms with Crippen molar-refractivity contribution < 1.29 is 31.9 Å². The van der Waals surface area contributed by atoms with Crippen LogP contribution in [0.25, 0.3) is 0 Å². The molecule has 0 amide bonds. The second-order valence-electron chi connectivity index (χ2n) is 2.50. The third kappa shape index (κ3) is 2.78. The molecule has 0 unspecified atom stereocenters. The van der Waals surface area contributed by atoms with Gasteiger partial charge in [0, 0.05) is 6.07 Å². The molecule has 1 aromatic carbocycles. The molecule has 0 radical (unpaired) electrons. The van der Waals surface area contributed by atoms with E-state index in [2.05, 4.69) is 9.31 Å². The molecule has 0 spiro atoms. The number of benzene rings is 1. The molecule has 1 N–H and O–H groups in total. The van der Waals surface area contributed by atoms with Gasteiger partial charge < -0.3 is 14.3 Å². The van der Waals surface area contributed by atoms with Gasteiger partial charge in [-0.25, -0.2) is 13.2 Å². The Labute approximate surface area is 92.7 Å². The Kier molecular flexibility index (Phi) is 4.39. The fourth-order valence-corrected chi connectivity index (χ4v) is 0.941. The van der Waals surface area contributed by atoms with Gasteiger partial charge in [-0.1, -0.05) is 11.6 Å². The van der Waals surface area contributed by atoms with Crippen molar-refractivity contribution in [2.75, 3.05) is 6.07 Å². The lowest BCUT2D eigenvalue weighted by molar-refractivity contribution is 0.220. The van der Waals surface area contributed by atoms with Crippen molar-refractivity contribution in [1.29, 1.82) is 0 Å². The average Bonchev–Trinajstić information content (AvgIpc) is 2.23. The van der Waals surface area contributed by atoms with E-state index in [4.69, 9.17) is 16.6 Å². The Balaban J connectivity index is 2.97. The summed E-state index contributed by atoms with van der Waals surface area (Å²) in [5.41, 5.74) is 0. The summed E-state index contributed by atoms with van der Waals surface area (Å²) in [6, 6.07) is -0.260. The first-order valence-electron chi connectivity index (χ1n) is 3.82. The Morgan fingerprint density at radius 1 is 1.19 bits per heavy atom. The van der Waals surface area contributed by atoms with Gasteiger partial charge in [0.05, 0.1) is 0 Å². The molecule has 0 atom stereocenters. The van der Waals surface area contributed by atoms with Crippen LogP contribution in [0, 0.1) is 23.3 Å². The largest absolute Gasteiger partial charge is 0.711 e. The highest BCUT2D eigenvalue weighted by molar-refractivity contribution is 6.36. The standard InChI is InChI=1S/C7H4BClF4O3/c9-2-15-8(14)16-4-1-3(10)5(11)7(13)6(4)12/h1,14H,2H2. The van der Waals surface area contributed by atoms with Crippen molar-refractivity contribution in [2.24, 2.45) is 0 Å². The van der Waals surface area contributed by atoms with Crippen molar-refractivity contribution in [2.45, 2.75) is 0 Å². The molecule has 0 heterocycles. The summed E-state index contributed by atoms with van der Waals surface area (Å²) in [5.74, 6) is -8.50. The highest BCUT2D eigenvalue weighted by atomic mass is 35.5. The first-order chi connectivity index (χ1) is 7.47. The number of rotatable bonds is 4. The minimum absolute atomic E-state index is 0.231. The normalized spacial score (nSPS) is 10.4. The maximum atomic E-state index is 12.9. The topological polar surface area (TPSA) is 38.7 Å². The first-order valence-corrected chi connectivity index (χ1v) is 4.36. The van der Waals surface area contributed by atoms with Crippen molar-refractivity contribution in [3.8, 4) is 5.75 Å². The van der Waals surface area contributed by atoms with Crippen LogP contribution in [0.3, 0.4) is 0 Å². The van der Waals surface area contributed by atoms with Crippen molar-refractivity contribution >= 4 is 18.9 Å². The summed E-state index contributed by atoms with van der Waals surface area (Å²) in [4.78, 5) is 0. The van der Waals surface area contributed by atoms with Gasteiger partial charge in [0.2, 0.25) is 11.6 Å². The Hall–Kier alpha value is -0.985. The third-order valence-electron chi connectivity index (χ3n) is 1.50. The van der Waals surface area contributed by atoms with E-state index < -0.39 is 42.4 Å². The number of hydrogen-bond donors (Lipinski definition) is 1. The predicted octanol–water partition coefficient (Wildman–Crippen LogP) is 1.81. The molecule has 9 heteroatoms. The fraction of sp³-hybridized carbons (Fsp3) is 0.143. The lowest BCUT2D eigenvalue weighted by Crippen LogP contribution is -2.26. The van der Waals surface area contributed by atoms with Crippen LogP contribution in [0.2, 0.25) is 0 Å². The van der Waals surface area contributed by atoms with Crippen molar-refractivity contribution in [3.63, 3.8) is 0 Å². The molecule has 0 fully saturated rings. The smallest absolute Gasteiger partial charge is 0.509 e. The second-order valence-corrected chi connectivity index (χ2v) is 2.72. The van der Waals surface area contributed by atoms with Gasteiger partial charge in [-0.05, 0) is 0 Å². The molecule has 0 aliphatic heterocycles. The third-order valence-corrected chi connectivity index (χ3v) is 1.63. The van der Waals surface area contributed by atoms with Gasteiger partial charge in [0.15, 0.2) is 11.6 Å². The van der Waals surface area contributed by atoms with Crippen molar-refractivity contribution in [3.05, 3.63) is 29.3 Å². The lowest BCUT2D eigenvalue weighted by atomic mass is 10.2. The Bertz CT molecular complexity index is 392. The molecule has 3 nitrogen and oxygen atoms in total. The zero-order valence-corrected chi connectivity index (χ0v) is 8.27. The van der Waals surface area contributed by atoms with E-state index in [0.717, 1.165) is 0 Å². The maximum Gasteiger partial charge on any atom is 0.711 e. The van der Waals surface area contributed by atoms with Crippen LogP contribution in [0.5, 0.6) is 5.75 Å². The van der Waals surface area contributed by atoms with E-state index in [0.29, 0.717) is 0 Å². The monoisotopic (exact) mass is 258 g/mol. The predicted molar refractivity (Wildman–Crippen MR) is 46.7 cm³/mol. The molecule has 1 aromatic rings. The van der Waals surface area contributed by atoms with E-state index in [-0.39, 0.29) is 6.07 Å². The van der Waals surface area contributed by atoms with Gasteiger partial charge in [-0.2, -0.15) is 4.39 Å². The van der Waals surface area contributed by atoms with Gasteiger partial charge in [0.1, 0.15) is 11.8 Å². The van der Waals surface area contributed by atoms with Crippen LogP contribution in [-0.4, -0.2) is 18.4 Å². The Morgan fingerprint density at radius 2 is 1.81 bits per heavy atom.